The lowest BCUT2D eigenvalue weighted by molar-refractivity contribution is 0.0472. The van der Waals surface area contributed by atoms with Gasteiger partial charge in [0.05, 0.1) is 28.8 Å². The summed E-state index contributed by atoms with van der Waals surface area (Å²) < 4.78 is 29.4. The van der Waals surface area contributed by atoms with Crippen molar-refractivity contribution in [3.8, 4) is 0 Å². The van der Waals surface area contributed by atoms with Gasteiger partial charge in [-0.1, -0.05) is 12.1 Å². The first kappa shape index (κ1) is 27.5. The zero-order chi connectivity index (χ0) is 28.9. The number of nitrogens with one attached hydrogen (secondary N) is 2. The van der Waals surface area contributed by atoms with Crippen LogP contribution in [0.1, 0.15) is 60.1 Å². The summed E-state index contributed by atoms with van der Waals surface area (Å²) in [6.07, 6.45) is 3.69. The van der Waals surface area contributed by atoms with E-state index in [0.29, 0.717) is 36.1 Å². The number of hydrogen-bond acceptors (Lipinski definition) is 7. The quantitative estimate of drug-likeness (QED) is 0.409. The van der Waals surface area contributed by atoms with Crippen LogP contribution in [0, 0.1) is 11.6 Å². The Morgan fingerprint density at radius 2 is 1.73 bits per heavy atom. The number of aromatic nitrogens is 2. The molecule has 0 saturated carbocycles. The van der Waals surface area contributed by atoms with E-state index >= 15 is 0 Å². The summed E-state index contributed by atoms with van der Waals surface area (Å²) in [5.41, 5.74) is 3.60. The standard InChI is InChI=1S/C31H32F2N6OS/c1-30(2)16-39(17-31(3,4)38-30)28(40)18-8-10-20(11-9-18)36-29-35-15-19-14-34-26(24-22(32)6-5-7-23(24)33)21-12-13-41-27(21)25(19)37-29/h5-12,15,27,38H,13-14,16-17H2,1-4H3,(H,35,36,37). The van der Waals surface area contributed by atoms with Crippen molar-refractivity contribution in [1.82, 2.24) is 20.2 Å². The first-order chi connectivity index (χ1) is 19.5. The molecular weight excluding hydrogens is 542 g/mol. The predicted molar refractivity (Wildman–Crippen MR) is 159 cm³/mol. The summed E-state index contributed by atoms with van der Waals surface area (Å²) >= 11 is 1.64. The molecule has 1 saturated heterocycles. The van der Waals surface area contributed by atoms with Crippen molar-refractivity contribution in [1.29, 1.82) is 0 Å². The molecule has 2 N–H and O–H groups in total. The van der Waals surface area contributed by atoms with Gasteiger partial charge in [0.15, 0.2) is 0 Å². The molecule has 3 aliphatic rings. The average molecular weight is 575 g/mol. The number of amides is 1. The maximum atomic E-state index is 14.7. The molecule has 1 aromatic heterocycles. The van der Waals surface area contributed by atoms with Gasteiger partial charge in [0.2, 0.25) is 5.95 Å². The summed E-state index contributed by atoms with van der Waals surface area (Å²) in [7, 11) is 0. The van der Waals surface area contributed by atoms with Gasteiger partial charge in [0.1, 0.15) is 11.6 Å². The largest absolute Gasteiger partial charge is 0.335 e. The number of thioether (sulfide) groups is 1. The average Bonchev–Trinajstić information content (AvgIpc) is 3.33. The van der Waals surface area contributed by atoms with Crippen molar-refractivity contribution < 1.29 is 13.6 Å². The molecule has 41 heavy (non-hydrogen) atoms. The fraction of sp³-hybridized carbons (Fsp3) is 0.355. The van der Waals surface area contributed by atoms with Gasteiger partial charge >= 0.3 is 0 Å². The van der Waals surface area contributed by atoms with E-state index in [-0.39, 0.29) is 34.3 Å². The number of carbonyl (C=O) groups is 1. The van der Waals surface area contributed by atoms with Gasteiger partial charge in [0.25, 0.3) is 5.91 Å². The van der Waals surface area contributed by atoms with E-state index in [1.807, 2.05) is 35.2 Å². The van der Waals surface area contributed by atoms with E-state index in [2.05, 4.69) is 48.3 Å². The Labute approximate surface area is 242 Å². The number of halogens is 2. The van der Waals surface area contributed by atoms with Crippen molar-refractivity contribution in [3.63, 3.8) is 0 Å². The number of aliphatic imine (C=N–C) groups is 1. The van der Waals surface area contributed by atoms with Crippen LogP contribution in [0.3, 0.4) is 0 Å². The summed E-state index contributed by atoms with van der Waals surface area (Å²) in [5, 5.41) is 6.63. The fourth-order valence-corrected chi connectivity index (χ4v) is 7.28. The molecule has 1 fully saturated rings. The maximum absolute atomic E-state index is 14.7. The summed E-state index contributed by atoms with van der Waals surface area (Å²) in [6.45, 7) is 9.91. The second-order valence-electron chi connectivity index (χ2n) is 12.0. The highest BCUT2D eigenvalue weighted by molar-refractivity contribution is 8.00. The van der Waals surface area contributed by atoms with Crippen LogP contribution in [-0.4, -0.2) is 56.4 Å². The number of hydrogen-bond donors (Lipinski definition) is 2. The molecule has 1 unspecified atom stereocenters. The van der Waals surface area contributed by atoms with Crippen LogP contribution in [0.5, 0.6) is 0 Å². The molecule has 6 rings (SSSR count). The Morgan fingerprint density at radius 3 is 2.41 bits per heavy atom. The van der Waals surface area contributed by atoms with Crippen molar-refractivity contribution in [2.45, 2.75) is 50.6 Å². The van der Waals surface area contributed by atoms with Gasteiger partial charge in [-0.3, -0.25) is 9.79 Å². The highest BCUT2D eigenvalue weighted by Gasteiger charge is 2.38. The van der Waals surface area contributed by atoms with Crippen LogP contribution < -0.4 is 10.6 Å². The van der Waals surface area contributed by atoms with Gasteiger partial charge in [0, 0.05) is 52.9 Å². The van der Waals surface area contributed by atoms with Crippen LogP contribution in [0.15, 0.2) is 65.3 Å². The molecule has 4 heterocycles. The van der Waals surface area contributed by atoms with Crippen molar-refractivity contribution >= 4 is 35.0 Å². The number of anilines is 2. The van der Waals surface area contributed by atoms with Gasteiger partial charge in [-0.25, -0.2) is 18.7 Å². The van der Waals surface area contributed by atoms with Crippen molar-refractivity contribution in [2.75, 3.05) is 24.2 Å². The van der Waals surface area contributed by atoms with Gasteiger partial charge in [-0.15, -0.1) is 11.8 Å². The van der Waals surface area contributed by atoms with Crippen molar-refractivity contribution in [2.24, 2.45) is 4.99 Å². The van der Waals surface area contributed by atoms with Gasteiger partial charge < -0.3 is 15.5 Å². The lowest BCUT2D eigenvalue weighted by Gasteiger charge is -2.48. The number of benzene rings is 2. The Morgan fingerprint density at radius 1 is 1.05 bits per heavy atom. The molecule has 0 bridgehead atoms. The highest BCUT2D eigenvalue weighted by atomic mass is 32.2. The molecule has 2 aromatic carbocycles. The Kier molecular flexibility index (Phi) is 6.94. The third-order valence-electron chi connectivity index (χ3n) is 7.40. The lowest BCUT2D eigenvalue weighted by atomic mass is 9.91. The molecule has 1 amide bonds. The molecule has 3 aliphatic heterocycles. The van der Waals surface area contributed by atoms with E-state index in [1.165, 1.54) is 18.2 Å². The monoisotopic (exact) mass is 574 g/mol. The van der Waals surface area contributed by atoms with Crippen LogP contribution >= 0.6 is 11.8 Å². The number of carbonyl (C=O) groups excluding carboxylic acids is 1. The molecule has 3 aromatic rings. The summed E-state index contributed by atoms with van der Waals surface area (Å²) in [5.74, 6) is -0.170. The third-order valence-corrected chi connectivity index (χ3v) is 8.57. The molecule has 212 valence electrons. The third kappa shape index (κ3) is 5.50. The summed E-state index contributed by atoms with van der Waals surface area (Å²) in [4.78, 5) is 29.1. The first-order valence-corrected chi connectivity index (χ1v) is 14.7. The summed E-state index contributed by atoms with van der Waals surface area (Å²) in [6, 6.07) is 11.2. The Bertz CT molecular complexity index is 1550. The normalized spacial score (nSPS) is 20.8. The molecule has 10 heteroatoms. The van der Waals surface area contributed by atoms with Crippen LogP contribution in [-0.2, 0) is 6.54 Å². The predicted octanol–water partition coefficient (Wildman–Crippen LogP) is 5.82. The molecule has 1 atom stereocenters. The molecule has 7 nitrogen and oxygen atoms in total. The topological polar surface area (TPSA) is 82.5 Å². The van der Waals surface area contributed by atoms with Crippen LogP contribution in [0.4, 0.5) is 20.4 Å². The van der Waals surface area contributed by atoms with E-state index < -0.39 is 11.6 Å². The number of fused-ring (bicyclic) bond motifs is 3. The van der Waals surface area contributed by atoms with Crippen molar-refractivity contribution in [3.05, 3.63) is 94.3 Å². The molecular formula is C31H32F2N6OS. The Balaban J connectivity index is 1.21. The van der Waals surface area contributed by atoms with Crippen LogP contribution in [0.25, 0.3) is 0 Å². The smallest absolute Gasteiger partial charge is 0.253 e. The molecule has 0 spiro atoms. The minimum atomic E-state index is -0.633. The zero-order valence-corrected chi connectivity index (χ0v) is 24.3. The molecule has 0 aliphatic carbocycles. The minimum Gasteiger partial charge on any atom is -0.335 e. The van der Waals surface area contributed by atoms with Crippen LogP contribution in [0.2, 0.25) is 0 Å². The van der Waals surface area contributed by atoms with E-state index in [0.717, 1.165) is 22.5 Å². The van der Waals surface area contributed by atoms with E-state index in [9.17, 15) is 13.6 Å². The maximum Gasteiger partial charge on any atom is 0.253 e. The molecule has 0 radical (unpaired) electrons. The van der Waals surface area contributed by atoms with E-state index in [1.54, 1.807) is 18.0 Å². The fourth-order valence-electron chi connectivity index (χ4n) is 6.07. The lowest BCUT2D eigenvalue weighted by Crippen LogP contribution is -2.67. The first-order valence-electron chi connectivity index (χ1n) is 13.6. The van der Waals surface area contributed by atoms with Gasteiger partial charge in [-0.2, -0.15) is 0 Å². The number of piperazine rings is 1. The van der Waals surface area contributed by atoms with Gasteiger partial charge in [-0.05, 0) is 69.7 Å². The Hall–Kier alpha value is -3.63. The second kappa shape index (κ2) is 10.3. The second-order valence-corrected chi connectivity index (χ2v) is 13.1. The number of nitrogens with zero attached hydrogens (tertiary/aromatic N) is 4. The minimum absolute atomic E-state index is 0.000138. The zero-order valence-electron chi connectivity index (χ0n) is 23.5. The van der Waals surface area contributed by atoms with E-state index in [4.69, 9.17) is 4.98 Å². The number of rotatable bonds is 4. The highest BCUT2D eigenvalue weighted by Crippen LogP contribution is 2.45. The SMILES string of the molecule is CC1(C)CN(C(=O)c2ccc(Nc3ncc4c(n3)C3SCC=C3C(c3c(F)cccc3F)=NC4)cc2)CC(C)(C)N1.